The van der Waals surface area contributed by atoms with E-state index in [0.29, 0.717) is 17.8 Å². The third-order valence-electron chi connectivity index (χ3n) is 4.36. The Balaban J connectivity index is 1.67. The summed E-state index contributed by atoms with van der Waals surface area (Å²) in [6, 6.07) is 20.4. The van der Waals surface area contributed by atoms with Crippen LogP contribution in [-0.4, -0.2) is 21.4 Å². The molecule has 2 N–H and O–H groups in total. The number of hydrogen-bond acceptors (Lipinski definition) is 4. The molecule has 3 aromatic rings. The number of ether oxygens (including phenoxy) is 1. The molecular formula is C22H21BrN2O4S. The fraction of sp³-hybridized carbons (Fsp3) is 0.136. The highest BCUT2D eigenvalue weighted by Gasteiger charge is 2.16. The van der Waals surface area contributed by atoms with Gasteiger partial charge in [0.1, 0.15) is 5.75 Å². The molecule has 156 valence electrons. The van der Waals surface area contributed by atoms with Crippen LogP contribution in [0.2, 0.25) is 0 Å². The van der Waals surface area contributed by atoms with Gasteiger partial charge in [-0.1, -0.05) is 36.4 Å². The summed E-state index contributed by atoms with van der Waals surface area (Å²) in [5, 5.41) is 2.79. The first-order valence-corrected chi connectivity index (χ1v) is 11.5. The molecule has 3 rings (SSSR count). The first-order chi connectivity index (χ1) is 14.4. The van der Waals surface area contributed by atoms with Gasteiger partial charge in [-0.25, -0.2) is 8.42 Å². The minimum Gasteiger partial charge on any atom is -0.496 e. The van der Waals surface area contributed by atoms with Crippen molar-refractivity contribution in [1.29, 1.82) is 0 Å². The van der Waals surface area contributed by atoms with E-state index in [9.17, 15) is 13.2 Å². The predicted molar refractivity (Wildman–Crippen MR) is 121 cm³/mol. The number of methoxy groups -OCH3 is 1. The molecule has 0 saturated heterocycles. The number of hydrogen-bond donors (Lipinski definition) is 2. The second-order valence-corrected chi connectivity index (χ2v) is 9.02. The lowest BCUT2D eigenvalue weighted by atomic mass is 10.1. The van der Waals surface area contributed by atoms with Crippen molar-refractivity contribution in [1.82, 2.24) is 0 Å². The highest BCUT2D eigenvalue weighted by atomic mass is 79.9. The van der Waals surface area contributed by atoms with Gasteiger partial charge in [0.05, 0.1) is 27.9 Å². The number of carbonyl (C=O) groups excluding carboxylic acids is 1. The molecule has 6 nitrogen and oxygen atoms in total. The van der Waals surface area contributed by atoms with Gasteiger partial charge in [-0.3, -0.25) is 9.52 Å². The van der Waals surface area contributed by atoms with Crippen LogP contribution in [0.5, 0.6) is 5.75 Å². The highest BCUT2D eigenvalue weighted by Crippen LogP contribution is 2.27. The summed E-state index contributed by atoms with van der Waals surface area (Å²) in [6.45, 7) is 0. The highest BCUT2D eigenvalue weighted by molar-refractivity contribution is 9.10. The Labute approximate surface area is 184 Å². The van der Waals surface area contributed by atoms with Crippen LogP contribution in [0, 0.1) is 0 Å². The van der Waals surface area contributed by atoms with Crippen molar-refractivity contribution in [3.63, 3.8) is 0 Å². The van der Waals surface area contributed by atoms with Gasteiger partial charge in [0, 0.05) is 6.42 Å². The van der Waals surface area contributed by atoms with Gasteiger partial charge >= 0.3 is 0 Å². The molecule has 0 fully saturated rings. The number of anilines is 2. The first-order valence-electron chi connectivity index (χ1n) is 9.18. The average molecular weight is 489 g/mol. The quantitative estimate of drug-likeness (QED) is 0.475. The molecule has 30 heavy (non-hydrogen) atoms. The van der Waals surface area contributed by atoms with Gasteiger partial charge in [0.15, 0.2) is 0 Å². The standard InChI is InChI=1S/C22H21BrN2O4S/c1-29-21-13-11-16(15-18(21)23)12-14-22(26)24-19-9-5-6-10-20(19)25-30(27,28)17-7-3-2-4-8-17/h2-11,13,15,25H,12,14H2,1H3,(H,24,26). The van der Waals surface area contributed by atoms with Crippen LogP contribution in [0.1, 0.15) is 12.0 Å². The zero-order chi connectivity index (χ0) is 21.6. The molecule has 0 spiro atoms. The Hall–Kier alpha value is -2.84. The molecule has 0 aliphatic rings. The minimum atomic E-state index is -3.76. The summed E-state index contributed by atoms with van der Waals surface area (Å²) >= 11 is 3.43. The van der Waals surface area contributed by atoms with Crippen LogP contribution in [0.4, 0.5) is 11.4 Å². The van der Waals surface area contributed by atoms with Crippen LogP contribution in [-0.2, 0) is 21.2 Å². The smallest absolute Gasteiger partial charge is 0.261 e. The van der Waals surface area contributed by atoms with E-state index in [4.69, 9.17) is 4.74 Å². The maximum atomic E-state index is 12.6. The molecule has 0 heterocycles. The lowest BCUT2D eigenvalue weighted by Crippen LogP contribution is -2.17. The summed E-state index contributed by atoms with van der Waals surface area (Å²) in [5.41, 5.74) is 1.69. The Morgan fingerprint density at radius 2 is 1.63 bits per heavy atom. The van der Waals surface area contributed by atoms with Crippen LogP contribution < -0.4 is 14.8 Å². The molecule has 0 atom stereocenters. The van der Waals surface area contributed by atoms with Crippen molar-refractivity contribution < 1.29 is 17.9 Å². The van der Waals surface area contributed by atoms with E-state index < -0.39 is 10.0 Å². The van der Waals surface area contributed by atoms with E-state index in [1.54, 1.807) is 49.6 Å². The number of aryl methyl sites for hydroxylation is 1. The molecule has 0 radical (unpaired) electrons. The van der Waals surface area contributed by atoms with Crippen molar-refractivity contribution in [3.05, 3.63) is 82.8 Å². The number of para-hydroxylation sites is 2. The average Bonchev–Trinajstić information content (AvgIpc) is 2.74. The van der Waals surface area contributed by atoms with Crippen LogP contribution in [0.15, 0.2) is 82.2 Å². The normalized spacial score (nSPS) is 11.0. The van der Waals surface area contributed by atoms with E-state index in [2.05, 4.69) is 26.0 Å². The zero-order valence-electron chi connectivity index (χ0n) is 16.3. The number of sulfonamides is 1. The lowest BCUT2D eigenvalue weighted by Gasteiger charge is -2.13. The van der Waals surface area contributed by atoms with Crippen LogP contribution in [0.3, 0.4) is 0 Å². The number of carbonyl (C=O) groups is 1. The molecule has 8 heteroatoms. The molecule has 1 amide bonds. The van der Waals surface area contributed by atoms with Gasteiger partial charge < -0.3 is 10.1 Å². The Morgan fingerprint density at radius 1 is 0.967 bits per heavy atom. The topological polar surface area (TPSA) is 84.5 Å². The number of benzene rings is 3. The molecule has 0 saturated carbocycles. The molecular weight excluding hydrogens is 468 g/mol. The Kier molecular flexibility index (Phi) is 7.12. The maximum absolute atomic E-state index is 12.6. The van der Waals surface area contributed by atoms with Gasteiger partial charge in [-0.05, 0) is 64.3 Å². The third kappa shape index (κ3) is 5.61. The minimum absolute atomic E-state index is 0.149. The number of nitrogens with one attached hydrogen (secondary N) is 2. The van der Waals surface area contributed by atoms with Crippen LogP contribution in [0.25, 0.3) is 0 Å². The summed E-state index contributed by atoms with van der Waals surface area (Å²) in [5.74, 6) is 0.510. The summed E-state index contributed by atoms with van der Waals surface area (Å²) < 4.78 is 33.8. The van der Waals surface area contributed by atoms with Crippen LogP contribution >= 0.6 is 15.9 Å². The maximum Gasteiger partial charge on any atom is 0.261 e. The Bertz CT molecular complexity index is 1130. The van der Waals surface area contributed by atoms with Crippen molar-refractivity contribution in [2.75, 3.05) is 17.1 Å². The summed E-state index contributed by atoms with van der Waals surface area (Å²) in [7, 11) is -2.16. The SMILES string of the molecule is COc1ccc(CCC(=O)Nc2ccccc2NS(=O)(=O)c2ccccc2)cc1Br. The van der Waals surface area contributed by atoms with Crippen molar-refractivity contribution in [2.24, 2.45) is 0 Å². The number of amides is 1. The van der Waals surface area contributed by atoms with Gasteiger partial charge in [-0.2, -0.15) is 0 Å². The second kappa shape index (κ2) is 9.77. The van der Waals surface area contributed by atoms with E-state index >= 15 is 0 Å². The van der Waals surface area contributed by atoms with Gasteiger partial charge in [0.25, 0.3) is 10.0 Å². The molecule has 0 unspecified atom stereocenters. The van der Waals surface area contributed by atoms with Crippen molar-refractivity contribution in [2.45, 2.75) is 17.7 Å². The van der Waals surface area contributed by atoms with E-state index in [1.165, 1.54) is 12.1 Å². The van der Waals surface area contributed by atoms with Gasteiger partial charge in [-0.15, -0.1) is 0 Å². The number of rotatable bonds is 8. The monoisotopic (exact) mass is 488 g/mol. The van der Waals surface area contributed by atoms with E-state index in [1.807, 2.05) is 18.2 Å². The first kappa shape index (κ1) is 21.9. The largest absolute Gasteiger partial charge is 0.496 e. The molecule has 0 bridgehead atoms. The zero-order valence-corrected chi connectivity index (χ0v) is 18.7. The number of halogens is 1. The second-order valence-electron chi connectivity index (χ2n) is 6.48. The summed E-state index contributed by atoms with van der Waals surface area (Å²) in [6.07, 6.45) is 0.783. The molecule has 3 aromatic carbocycles. The fourth-order valence-electron chi connectivity index (χ4n) is 2.82. The summed E-state index contributed by atoms with van der Waals surface area (Å²) in [4.78, 5) is 12.6. The molecule has 0 aromatic heterocycles. The predicted octanol–water partition coefficient (Wildman–Crippen LogP) is 4.83. The third-order valence-corrected chi connectivity index (χ3v) is 6.36. The molecule has 0 aliphatic heterocycles. The Morgan fingerprint density at radius 3 is 2.30 bits per heavy atom. The lowest BCUT2D eigenvalue weighted by molar-refractivity contribution is -0.116. The van der Waals surface area contributed by atoms with E-state index in [0.717, 1.165) is 15.8 Å². The molecule has 0 aliphatic carbocycles. The van der Waals surface area contributed by atoms with Crippen molar-refractivity contribution >= 4 is 43.2 Å². The fourth-order valence-corrected chi connectivity index (χ4v) is 4.51. The van der Waals surface area contributed by atoms with Gasteiger partial charge in [0.2, 0.25) is 5.91 Å². The van der Waals surface area contributed by atoms with Crippen molar-refractivity contribution in [3.8, 4) is 5.75 Å². The van der Waals surface area contributed by atoms with E-state index in [-0.39, 0.29) is 17.2 Å².